The summed E-state index contributed by atoms with van der Waals surface area (Å²) in [5, 5.41) is 5.82. The van der Waals surface area contributed by atoms with E-state index in [-0.39, 0.29) is 0 Å². The van der Waals surface area contributed by atoms with Gasteiger partial charge in [0.25, 0.3) is 0 Å². The topological polar surface area (TPSA) is 67.7 Å². The van der Waals surface area contributed by atoms with E-state index in [9.17, 15) is 8.42 Å². The van der Waals surface area contributed by atoms with E-state index in [1.165, 1.54) is 17.4 Å². The van der Waals surface area contributed by atoms with E-state index in [4.69, 9.17) is 21.4 Å². The molecule has 0 N–H and O–H groups in total. The van der Waals surface area contributed by atoms with Gasteiger partial charge in [-0.25, -0.2) is 8.42 Å². The zero-order valence-electron chi connectivity index (χ0n) is 22.3. The Labute approximate surface area is 231 Å². The molecule has 2 aromatic carbocycles. The van der Waals surface area contributed by atoms with E-state index in [1.807, 2.05) is 12.1 Å². The summed E-state index contributed by atoms with van der Waals surface area (Å²) in [4.78, 5) is 2.44. The molecule has 9 heteroatoms. The summed E-state index contributed by atoms with van der Waals surface area (Å²) in [5.74, 6) is 0. The van der Waals surface area contributed by atoms with E-state index in [1.54, 1.807) is 4.31 Å². The van der Waals surface area contributed by atoms with Crippen molar-refractivity contribution in [2.45, 2.75) is 45.7 Å². The van der Waals surface area contributed by atoms with E-state index in [0.717, 1.165) is 91.8 Å². The molecule has 0 unspecified atom stereocenters. The summed E-state index contributed by atoms with van der Waals surface area (Å²) in [7, 11) is -3.29. The second kappa shape index (κ2) is 11.9. The standard InChI is InChI=1S/C29H37ClN4O3S/c1-22-6-3-4-7-23(22)8-9-24-20-25(10-11-27(24)30)29-26-21-33(38(2,35)36)15-12-28(26)34(31-29)14-5-13-32-16-18-37-19-17-32/h3-4,6-7,10-11,20H,5,8-9,12-19,21H2,1-2H3. The summed E-state index contributed by atoms with van der Waals surface area (Å²) >= 11 is 6.64. The van der Waals surface area contributed by atoms with Crippen LogP contribution in [0.4, 0.5) is 0 Å². The van der Waals surface area contributed by atoms with Crippen molar-refractivity contribution in [3.05, 3.63) is 75.4 Å². The van der Waals surface area contributed by atoms with Crippen LogP contribution in [0.1, 0.15) is 34.4 Å². The molecule has 1 aromatic heterocycles. The van der Waals surface area contributed by atoms with Crippen molar-refractivity contribution in [3.8, 4) is 11.3 Å². The number of hydrogen-bond acceptors (Lipinski definition) is 5. The highest BCUT2D eigenvalue weighted by Gasteiger charge is 2.30. The number of halogens is 1. The van der Waals surface area contributed by atoms with Crippen LogP contribution in [0.15, 0.2) is 42.5 Å². The minimum Gasteiger partial charge on any atom is -0.379 e. The van der Waals surface area contributed by atoms with Crippen LogP contribution < -0.4 is 0 Å². The second-order valence-corrected chi connectivity index (χ2v) is 12.8. The zero-order chi connectivity index (χ0) is 26.7. The van der Waals surface area contributed by atoms with E-state index >= 15 is 0 Å². The van der Waals surface area contributed by atoms with Crippen molar-refractivity contribution in [1.29, 1.82) is 0 Å². The summed E-state index contributed by atoms with van der Waals surface area (Å²) in [6.45, 7) is 8.34. The lowest BCUT2D eigenvalue weighted by Crippen LogP contribution is -2.37. The molecule has 0 saturated carbocycles. The van der Waals surface area contributed by atoms with Crippen LogP contribution in [0.3, 0.4) is 0 Å². The first-order valence-corrected chi connectivity index (χ1v) is 15.7. The molecule has 0 spiro atoms. The van der Waals surface area contributed by atoms with Gasteiger partial charge in [0.1, 0.15) is 0 Å². The van der Waals surface area contributed by atoms with Gasteiger partial charge in [-0.2, -0.15) is 9.40 Å². The third kappa shape index (κ3) is 6.32. The Balaban J connectivity index is 1.41. The third-order valence-corrected chi connectivity index (χ3v) is 9.38. The quantitative estimate of drug-likeness (QED) is 0.392. The van der Waals surface area contributed by atoms with Gasteiger partial charge in [0.15, 0.2) is 0 Å². The van der Waals surface area contributed by atoms with Gasteiger partial charge < -0.3 is 4.74 Å². The fraction of sp³-hybridized carbons (Fsp3) is 0.483. The molecule has 1 fully saturated rings. The van der Waals surface area contributed by atoms with E-state index in [0.29, 0.717) is 19.5 Å². The van der Waals surface area contributed by atoms with Crippen LogP contribution in [0.5, 0.6) is 0 Å². The Hall–Kier alpha value is -2.23. The summed E-state index contributed by atoms with van der Waals surface area (Å²) in [6, 6.07) is 14.5. The monoisotopic (exact) mass is 556 g/mol. The Morgan fingerprint density at radius 3 is 2.53 bits per heavy atom. The molecule has 2 aliphatic heterocycles. The first-order valence-electron chi connectivity index (χ1n) is 13.5. The molecule has 0 aliphatic carbocycles. The smallest absolute Gasteiger partial charge is 0.211 e. The molecule has 0 atom stereocenters. The number of hydrogen-bond donors (Lipinski definition) is 0. The summed E-state index contributed by atoms with van der Waals surface area (Å²) < 4.78 is 34.0. The average Bonchev–Trinajstić information content (AvgIpc) is 3.27. The first-order chi connectivity index (χ1) is 18.3. The number of morpholine rings is 1. The van der Waals surface area contributed by atoms with Crippen LogP contribution in [-0.2, 0) is 47.1 Å². The molecule has 204 valence electrons. The zero-order valence-corrected chi connectivity index (χ0v) is 23.9. The number of aryl methyl sites for hydroxylation is 4. The van der Waals surface area contributed by atoms with Crippen molar-refractivity contribution in [1.82, 2.24) is 19.0 Å². The SMILES string of the molecule is Cc1ccccc1CCc1cc(-c2nn(CCCN3CCOCC3)c3c2CN(S(C)(=O)=O)CC3)ccc1Cl. The summed E-state index contributed by atoms with van der Waals surface area (Å²) in [5.41, 5.74) is 7.71. The molecule has 38 heavy (non-hydrogen) atoms. The van der Waals surface area contributed by atoms with Gasteiger partial charge in [-0.05, 0) is 55.0 Å². The lowest BCUT2D eigenvalue weighted by molar-refractivity contribution is 0.0368. The molecule has 2 aliphatic rings. The van der Waals surface area contributed by atoms with Crippen molar-refractivity contribution in [2.24, 2.45) is 0 Å². The minimum atomic E-state index is -3.29. The highest BCUT2D eigenvalue weighted by atomic mass is 35.5. The number of rotatable bonds is 9. The Bertz CT molecular complexity index is 1380. The third-order valence-electron chi connectivity index (χ3n) is 7.76. The fourth-order valence-corrected chi connectivity index (χ4v) is 6.51. The van der Waals surface area contributed by atoms with E-state index in [2.05, 4.69) is 46.8 Å². The van der Waals surface area contributed by atoms with Crippen molar-refractivity contribution < 1.29 is 13.2 Å². The predicted molar refractivity (Wildman–Crippen MR) is 152 cm³/mol. The Morgan fingerprint density at radius 2 is 1.76 bits per heavy atom. The lowest BCUT2D eigenvalue weighted by atomic mass is 9.97. The molecular formula is C29H37ClN4O3S. The maximum atomic E-state index is 12.4. The fourth-order valence-electron chi connectivity index (χ4n) is 5.51. The summed E-state index contributed by atoms with van der Waals surface area (Å²) in [6.07, 6.45) is 4.68. The van der Waals surface area contributed by atoms with Gasteiger partial charge in [0, 0.05) is 67.5 Å². The molecule has 3 aromatic rings. The van der Waals surface area contributed by atoms with Crippen LogP contribution >= 0.6 is 11.6 Å². The van der Waals surface area contributed by atoms with Gasteiger partial charge in [-0.15, -0.1) is 0 Å². The van der Waals surface area contributed by atoms with Gasteiger partial charge in [-0.3, -0.25) is 9.58 Å². The molecule has 7 nitrogen and oxygen atoms in total. The largest absolute Gasteiger partial charge is 0.379 e. The van der Waals surface area contributed by atoms with Crippen molar-refractivity contribution >= 4 is 21.6 Å². The number of aromatic nitrogens is 2. The number of nitrogens with zero attached hydrogens (tertiary/aromatic N) is 4. The first kappa shape index (κ1) is 27.3. The molecule has 1 saturated heterocycles. The second-order valence-electron chi connectivity index (χ2n) is 10.4. The molecular weight excluding hydrogens is 520 g/mol. The molecule has 0 amide bonds. The predicted octanol–water partition coefficient (Wildman–Crippen LogP) is 4.34. The molecule has 0 bridgehead atoms. The average molecular weight is 557 g/mol. The number of benzene rings is 2. The van der Waals surface area contributed by atoms with Crippen LogP contribution in [0.25, 0.3) is 11.3 Å². The van der Waals surface area contributed by atoms with Crippen LogP contribution in [0, 0.1) is 6.92 Å². The lowest BCUT2D eigenvalue weighted by Gasteiger charge is -2.27. The Kier molecular flexibility index (Phi) is 8.55. The number of fused-ring (bicyclic) bond motifs is 1. The van der Waals surface area contributed by atoms with Crippen LogP contribution in [-0.4, -0.2) is 73.1 Å². The van der Waals surface area contributed by atoms with Crippen molar-refractivity contribution in [2.75, 3.05) is 45.6 Å². The number of sulfonamides is 1. The van der Waals surface area contributed by atoms with E-state index < -0.39 is 10.0 Å². The van der Waals surface area contributed by atoms with Crippen LogP contribution in [0.2, 0.25) is 5.02 Å². The van der Waals surface area contributed by atoms with Gasteiger partial charge in [0.05, 0.1) is 25.2 Å². The maximum absolute atomic E-state index is 12.4. The number of ether oxygens (including phenoxy) is 1. The maximum Gasteiger partial charge on any atom is 0.211 e. The van der Waals surface area contributed by atoms with Gasteiger partial charge in [0.2, 0.25) is 10.0 Å². The molecule has 0 radical (unpaired) electrons. The normalized spacial score (nSPS) is 17.0. The minimum absolute atomic E-state index is 0.355. The Morgan fingerprint density at radius 1 is 1.00 bits per heavy atom. The highest BCUT2D eigenvalue weighted by Crippen LogP contribution is 2.33. The van der Waals surface area contributed by atoms with Crippen molar-refractivity contribution in [3.63, 3.8) is 0 Å². The molecule has 3 heterocycles. The van der Waals surface area contributed by atoms with Gasteiger partial charge in [-0.1, -0.05) is 41.9 Å². The molecule has 5 rings (SSSR count). The van der Waals surface area contributed by atoms with Gasteiger partial charge >= 0.3 is 0 Å². The highest BCUT2D eigenvalue weighted by molar-refractivity contribution is 7.88.